The van der Waals surface area contributed by atoms with Crippen LogP contribution < -0.4 is 15.4 Å². The predicted molar refractivity (Wildman–Crippen MR) is 141 cm³/mol. The van der Waals surface area contributed by atoms with Gasteiger partial charge in [0.2, 0.25) is 5.91 Å². The van der Waals surface area contributed by atoms with Crippen LogP contribution in [0.4, 0.5) is 4.79 Å². The van der Waals surface area contributed by atoms with Gasteiger partial charge in [-0.1, -0.05) is 57.7 Å². The Morgan fingerprint density at radius 3 is 2.19 bits per heavy atom. The molecule has 1 rings (SSSR count). The lowest BCUT2D eigenvalue weighted by Gasteiger charge is -2.23. The van der Waals surface area contributed by atoms with Crippen molar-refractivity contribution < 1.29 is 33.4 Å². The molecule has 0 fully saturated rings. The quantitative estimate of drug-likeness (QED) is 0.150. The highest BCUT2D eigenvalue weighted by Gasteiger charge is 2.24. The molecule has 0 bridgehead atoms. The number of carbonyl (C=O) groups is 4. The lowest BCUT2D eigenvalue weighted by atomic mass is 10.0. The topological polar surface area (TPSA) is 120 Å². The van der Waals surface area contributed by atoms with Crippen molar-refractivity contribution in [2.45, 2.75) is 90.7 Å². The Morgan fingerprint density at radius 1 is 0.973 bits per heavy atom. The molecule has 0 saturated heterocycles. The molecule has 0 aliphatic heterocycles. The number of nitrogens with one attached hydrogen (secondary N) is 2. The van der Waals surface area contributed by atoms with Gasteiger partial charge in [-0.15, -0.1) is 0 Å². The lowest BCUT2D eigenvalue weighted by Crippen LogP contribution is -2.49. The summed E-state index contributed by atoms with van der Waals surface area (Å²) < 4.78 is 15.1. The van der Waals surface area contributed by atoms with Crippen LogP contribution in [0.2, 0.25) is 0 Å². The number of hydrogen-bond acceptors (Lipinski definition) is 7. The molecule has 2 amide bonds. The third kappa shape index (κ3) is 14.1. The largest absolute Gasteiger partial charge is 0.466 e. The molecule has 206 valence electrons. The summed E-state index contributed by atoms with van der Waals surface area (Å²) in [7, 11) is 1.21. The van der Waals surface area contributed by atoms with E-state index in [9.17, 15) is 19.2 Å². The second-order valence-corrected chi connectivity index (χ2v) is 9.85. The molecule has 9 nitrogen and oxygen atoms in total. The first-order valence-corrected chi connectivity index (χ1v) is 12.8. The van der Waals surface area contributed by atoms with Gasteiger partial charge >= 0.3 is 18.0 Å². The van der Waals surface area contributed by atoms with Crippen molar-refractivity contribution in [1.82, 2.24) is 10.6 Å². The highest BCUT2D eigenvalue weighted by molar-refractivity contribution is 5.93. The van der Waals surface area contributed by atoms with Gasteiger partial charge in [0, 0.05) is 18.5 Å². The van der Waals surface area contributed by atoms with Crippen molar-refractivity contribution in [1.29, 1.82) is 0 Å². The molecule has 0 radical (unpaired) electrons. The summed E-state index contributed by atoms with van der Waals surface area (Å²) in [6.07, 6.45) is 5.88. The van der Waals surface area contributed by atoms with Gasteiger partial charge in [0.05, 0.1) is 13.5 Å². The van der Waals surface area contributed by atoms with Crippen LogP contribution in [-0.2, 0) is 30.3 Å². The average Bonchev–Trinajstić information content (AvgIpc) is 2.82. The molecule has 0 aromatic heterocycles. The molecule has 1 aromatic rings. The van der Waals surface area contributed by atoms with Crippen molar-refractivity contribution in [3.63, 3.8) is 0 Å². The standard InChI is InChI=1S/C28H42N2O7/c1-7-8-9-10-11-12-17-29-25(32)23(30-27(34)37-28(3,4)5)19-21-13-15-22(16-14-21)36-24(31)18-20(2)26(33)35-6/h13-16,23H,2,7-12,17-19H2,1,3-6H3,(H,29,32)(H,30,34). The van der Waals surface area contributed by atoms with Gasteiger partial charge in [-0.05, 0) is 44.9 Å². The smallest absolute Gasteiger partial charge is 0.408 e. The number of amides is 2. The number of ether oxygens (including phenoxy) is 3. The summed E-state index contributed by atoms with van der Waals surface area (Å²) in [4.78, 5) is 48.7. The second-order valence-electron chi connectivity index (χ2n) is 9.85. The Hall–Kier alpha value is -3.36. The van der Waals surface area contributed by atoms with Crippen LogP contribution in [0.15, 0.2) is 36.4 Å². The molecule has 37 heavy (non-hydrogen) atoms. The molecule has 2 N–H and O–H groups in total. The summed E-state index contributed by atoms with van der Waals surface area (Å²) in [5.41, 5.74) is 0.0376. The first-order valence-electron chi connectivity index (χ1n) is 12.8. The number of methoxy groups -OCH3 is 1. The fourth-order valence-corrected chi connectivity index (χ4v) is 3.39. The Balaban J connectivity index is 2.74. The molecule has 0 saturated carbocycles. The van der Waals surface area contributed by atoms with Gasteiger partial charge in [-0.25, -0.2) is 9.59 Å². The van der Waals surface area contributed by atoms with E-state index < -0.39 is 29.7 Å². The van der Waals surface area contributed by atoms with E-state index in [1.165, 1.54) is 26.4 Å². The van der Waals surface area contributed by atoms with E-state index in [-0.39, 0.29) is 30.1 Å². The lowest BCUT2D eigenvalue weighted by molar-refractivity contribution is -0.139. The third-order valence-electron chi connectivity index (χ3n) is 5.26. The Morgan fingerprint density at radius 2 is 1.59 bits per heavy atom. The fraction of sp³-hybridized carbons (Fsp3) is 0.571. The molecule has 9 heteroatoms. The minimum absolute atomic E-state index is 0.00727. The summed E-state index contributed by atoms with van der Waals surface area (Å²) in [5.74, 6) is -1.35. The van der Waals surface area contributed by atoms with Crippen LogP contribution in [0.5, 0.6) is 5.75 Å². The third-order valence-corrected chi connectivity index (χ3v) is 5.26. The van der Waals surface area contributed by atoms with Crippen molar-refractivity contribution in [2.24, 2.45) is 0 Å². The maximum atomic E-state index is 12.9. The maximum absolute atomic E-state index is 12.9. The Labute approximate surface area is 220 Å². The minimum Gasteiger partial charge on any atom is -0.466 e. The van der Waals surface area contributed by atoms with Crippen LogP contribution in [-0.4, -0.2) is 49.2 Å². The Bertz CT molecular complexity index is 904. The van der Waals surface area contributed by atoms with E-state index in [0.29, 0.717) is 6.54 Å². The molecular formula is C28H42N2O7. The molecule has 1 unspecified atom stereocenters. The number of esters is 2. The zero-order valence-corrected chi connectivity index (χ0v) is 22.8. The summed E-state index contributed by atoms with van der Waals surface area (Å²) in [6, 6.07) is 5.71. The first kappa shape index (κ1) is 31.7. The van der Waals surface area contributed by atoms with Gasteiger partial charge in [-0.2, -0.15) is 0 Å². The molecule has 1 aromatic carbocycles. The number of rotatable bonds is 15. The highest BCUT2D eigenvalue weighted by Crippen LogP contribution is 2.16. The first-order chi connectivity index (χ1) is 17.4. The van der Waals surface area contributed by atoms with E-state index >= 15 is 0 Å². The van der Waals surface area contributed by atoms with Crippen LogP contribution in [0.1, 0.15) is 78.2 Å². The zero-order chi connectivity index (χ0) is 27.8. The Kier molecular flexibility index (Phi) is 14.0. The van der Waals surface area contributed by atoms with Crippen molar-refractivity contribution in [3.05, 3.63) is 42.0 Å². The maximum Gasteiger partial charge on any atom is 0.408 e. The van der Waals surface area contributed by atoms with Crippen molar-refractivity contribution in [2.75, 3.05) is 13.7 Å². The van der Waals surface area contributed by atoms with Gasteiger partial charge < -0.3 is 24.8 Å². The molecule has 0 aliphatic carbocycles. The number of carbonyl (C=O) groups excluding carboxylic acids is 4. The number of hydrogen-bond donors (Lipinski definition) is 2. The molecule has 0 spiro atoms. The fourth-order valence-electron chi connectivity index (χ4n) is 3.39. The molecular weight excluding hydrogens is 476 g/mol. The normalized spacial score (nSPS) is 11.7. The van der Waals surface area contributed by atoms with Crippen LogP contribution >= 0.6 is 0 Å². The van der Waals surface area contributed by atoms with Crippen LogP contribution in [0.25, 0.3) is 0 Å². The van der Waals surface area contributed by atoms with E-state index in [1.54, 1.807) is 45.0 Å². The second kappa shape index (κ2) is 16.4. The zero-order valence-electron chi connectivity index (χ0n) is 22.8. The van der Waals surface area contributed by atoms with E-state index in [4.69, 9.17) is 9.47 Å². The summed E-state index contributed by atoms with van der Waals surface area (Å²) >= 11 is 0. The predicted octanol–water partition coefficient (Wildman–Crippen LogP) is 4.62. The van der Waals surface area contributed by atoms with Crippen molar-refractivity contribution in [3.8, 4) is 5.75 Å². The minimum atomic E-state index is -0.841. The van der Waals surface area contributed by atoms with E-state index in [0.717, 1.165) is 24.8 Å². The van der Waals surface area contributed by atoms with Crippen LogP contribution in [0.3, 0.4) is 0 Å². The van der Waals surface area contributed by atoms with Gasteiger partial charge in [-0.3, -0.25) is 9.59 Å². The van der Waals surface area contributed by atoms with E-state index in [1.807, 2.05) is 0 Å². The van der Waals surface area contributed by atoms with Crippen LogP contribution in [0, 0.1) is 0 Å². The monoisotopic (exact) mass is 518 g/mol. The number of unbranched alkanes of at least 4 members (excludes halogenated alkanes) is 5. The average molecular weight is 519 g/mol. The highest BCUT2D eigenvalue weighted by atomic mass is 16.6. The molecule has 0 aliphatic rings. The van der Waals surface area contributed by atoms with Gasteiger partial charge in [0.1, 0.15) is 17.4 Å². The number of alkyl carbamates (subject to hydrolysis) is 1. The van der Waals surface area contributed by atoms with E-state index in [2.05, 4.69) is 28.9 Å². The summed E-state index contributed by atoms with van der Waals surface area (Å²) in [6.45, 7) is 11.5. The summed E-state index contributed by atoms with van der Waals surface area (Å²) in [5, 5.41) is 5.57. The molecule has 0 heterocycles. The SMILES string of the molecule is C=C(CC(=O)Oc1ccc(CC(NC(=O)OC(C)(C)C)C(=O)NCCCCCCCC)cc1)C(=O)OC. The molecule has 1 atom stereocenters. The van der Waals surface area contributed by atoms with Crippen molar-refractivity contribution >= 4 is 23.9 Å². The number of benzene rings is 1. The van der Waals surface area contributed by atoms with Gasteiger partial charge in [0.25, 0.3) is 0 Å². The van der Waals surface area contributed by atoms with Gasteiger partial charge in [0.15, 0.2) is 0 Å².